The minimum Gasteiger partial charge on any atom is -0.359 e. The number of hydrogen-bond acceptors (Lipinski definition) is 2. The summed E-state index contributed by atoms with van der Waals surface area (Å²) in [4.78, 5) is 0. The summed E-state index contributed by atoms with van der Waals surface area (Å²) in [5, 5.41) is 0. The third-order valence-electron chi connectivity index (χ3n) is 3.55. The Labute approximate surface area is 249 Å². The van der Waals surface area contributed by atoms with E-state index in [1.54, 1.807) is 7.11 Å². The van der Waals surface area contributed by atoms with Crippen LogP contribution in [0.4, 0.5) is 0 Å². The van der Waals surface area contributed by atoms with E-state index in [2.05, 4.69) is 94.7 Å². The fourth-order valence-electron chi connectivity index (χ4n) is 0.287. The van der Waals surface area contributed by atoms with E-state index in [1.807, 2.05) is 0 Å². The second kappa shape index (κ2) is 103. The van der Waals surface area contributed by atoms with Crippen molar-refractivity contribution < 1.29 is 9.47 Å². The quantitative estimate of drug-likeness (QED) is 0.129. The van der Waals surface area contributed by atoms with Gasteiger partial charge in [-0.2, -0.15) is 0 Å². The predicted octanol–water partition coefficient (Wildman–Crippen LogP) is 11.1. The maximum absolute atomic E-state index is 4.91. The van der Waals surface area contributed by atoms with E-state index in [0.29, 0.717) is 6.79 Å². The summed E-state index contributed by atoms with van der Waals surface area (Å²) < 4.78 is 9.53. The molecule has 0 spiro atoms. The molecule has 0 amide bonds. The Morgan fingerprint density at radius 2 is 0.515 bits per heavy atom. The first-order valence-corrected chi connectivity index (χ1v) is 14.0. The van der Waals surface area contributed by atoms with Crippen molar-refractivity contribution in [3.63, 3.8) is 0 Å². The summed E-state index contributed by atoms with van der Waals surface area (Å²) in [6.07, 6.45) is 16.9. The zero-order chi connectivity index (χ0) is 26.0. The van der Waals surface area contributed by atoms with Gasteiger partial charge in [-0.25, -0.2) is 0 Å². The molecular formula is C29H72O2Sn2. The van der Waals surface area contributed by atoms with Crippen molar-refractivity contribution in [1.82, 2.24) is 0 Å². The zero-order valence-electron chi connectivity index (χ0n) is 26.4. The molecule has 0 bridgehead atoms. The minimum absolute atomic E-state index is 0. The average molecular weight is 690 g/mol. The first-order valence-electron chi connectivity index (χ1n) is 14.0. The molecule has 0 aliphatic rings. The van der Waals surface area contributed by atoms with Gasteiger partial charge in [-0.1, -0.05) is 167 Å². The van der Waals surface area contributed by atoms with E-state index in [1.165, 1.54) is 77.0 Å². The van der Waals surface area contributed by atoms with Crippen LogP contribution in [0.2, 0.25) is 0 Å². The predicted molar refractivity (Wildman–Crippen MR) is 163 cm³/mol. The Kier molecular flexibility index (Phi) is 187. The van der Waals surface area contributed by atoms with Crippen molar-refractivity contribution in [1.29, 1.82) is 0 Å². The summed E-state index contributed by atoms with van der Waals surface area (Å²) in [5.41, 5.74) is 0. The number of ether oxygens (including phenoxy) is 2. The third-order valence-corrected chi connectivity index (χ3v) is 3.55. The van der Waals surface area contributed by atoms with Gasteiger partial charge in [-0.3, -0.25) is 0 Å². The van der Waals surface area contributed by atoms with Crippen molar-refractivity contribution in [3.05, 3.63) is 0 Å². The van der Waals surface area contributed by atoms with Gasteiger partial charge in [0.2, 0.25) is 0 Å². The molecule has 4 heteroatoms. The standard InChI is InChI=1S/C5H12O2.6C4H10.2Sn/c1-3-4-7-5-6-2;6*1-3-4-2;;/h3-5H2,1-2H3;6*3-4H2,1-2H3;;. The Bertz CT molecular complexity index is 114. The number of hydrogen-bond donors (Lipinski definition) is 0. The van der Waals surface area contributed by atoms with Crippen LogP contribution < -0.4 is 0 Å². The average Bonchev–Trinajstić information content (AvgIpc) is 2.85. The first-order chi connectivity index (χ1) is 14.9. The molecule has 0 atom stereocenters. The van der Waals surface area contributed by atoms with Crippen LogP contribution in [0.5, 0.6) is 0 Å². The van der Waals surface area contributed by atoms with E-state index < -0.39 is 0 Å². The van der Waals surface area contributed by atoms with Gasteiger partial charge >= 0.3 is 0 Å². The largest absolute Gasteiger partial charge is 0.359 e. The number of methoxy groups -OCH3 is 1. The van der Waals surface area contributed by atoms with Crippen LogP contribution in [0.3, 0.4) is 0 Å². The van der Waals surface area contributed by atoms with E-state index in [9.17, 15) is 0 Å². The molecule has 208 valence electrons. The van der Waals surface area contributed by atoms with Crippen molar-refractivity contribution >= 4 is 47.8 Å². The van der Waals surface area contributed by atoms with Crippen molar-refractivity contribution in [3.8, 4) is 0 Å². The fraction of sp³-hybridized carbons (Fsp3) is 1.00. The van der Waals surface area contributed by atoms with Gasteiger partial charge in [-0.05, 0) is 6.42 Å². The summed E-state index contributed by atoms with van der Waals surface area (Å²) in [7, 11) is 1.62. The second-order valence-corrected chi connectivity index (χ2v) is 7.31. The topological polar surface area (TPSA) is 18.5 Å². The smallest absolute Gasteiger partial charge is 0.146 e. The maximum atomic E-state index is 4.91. The van der Waals surface area contributed by atoms with E-state index in [4.69, 9.17) is 4.74 Å². The molecule has 0 unspecified atom stereocenters. The summed E-state index contributed by atoms with van der Waals surface area (Å²) >= 11 is 0. The van der Waals surface area contributed by atoms with Crippen LogP contribution in [0.1, 0.15) is 173 Å². The fourth-order valence-corrected chi connectivity index (χ4v) is 0.287. The van der Waals surface area contributed by atoms with Gasteiger partial charge in [-0.15, -0.1) is 0 Å². The molecule has 0 saturated heterocycles. The summed E-state index contributed by atoms with van der Waals surface area (Å²) in [6, 6.07) is 0. The molecule has 33 heavy (non-hydrogen) atoms. The molecule has 0 rings (SSSR count). The molecule has 0 aliphatic heterocycles. The van der Waals surface area contributed by atoms with E-state index in [0.717, 1.165) is 13.0 Å². The molecule has 0 aromatic heterocycles. The summed E-state index contributed by atoms with van der Waals surface area (Å²) in [5.74, 6) is 0. The Morgan fingerprint density at radius 3 is 0.606 bits per heavy atom. The molecular weight excluding hydrogens is 618 g/mol. The molecule has 0 N–H and O–H groups in total. The van der Waals surface area contributed by atoms with Gasteiger partial charge in [0.05, 0.1) is 0 Å². The van der Waals surface area contributed by atoms with Crippen LogP contribution >= 0.6 is 0 Å². The van der Waals surface area contributed by atoms with Crippen LogP contribution in [0.25, 0.3) is 0 Å². The molecule has 0 aliphatic carbocycles. The van der Waals surface area contributed by atoms with Crippen LogP contribution in [-0.2, 0) is 9.47 Å². The molecule has 8 radical (unpaired) electrons. The van der Waals surface area contributed by atoms with Gasteiger partial charge < -0.3 is 9.47 Å². The van der Waals surface area contributed by atoms with Gasteiger partial charge in [0, 0.05) is 61.5 Å². The van der Waals surface area contributed by atoms with Crippen molar-refractivity contribution in [2.75, 3.05) is 20.5 Å². The molecule has 2 nitrogen and oxygen atoms in total. The van der Waals surface area contributed by atoms with E-state index in [-0.39, 0.29) is 47.8 Å². The monoisotopic (exact) mass is 692 g/mol. The zero-order valence-corrected chi connectivity index (χ0v) is 32.1. The first kappa shape index (κ1) is 59.6. The number of unbranched alkanes of at least 4 members (excludes halogenated alkanes) is 6. The maximum Gasteiger partial charge on any atom is 0.146 e. The van der Waals surface area contributed by atoms with Crippen molar-refractivity contribution in [2.45, 2.75) is 173 Å². The second-order valence-electron chi connectivity index (χ2n) is 7.31. The molecule has 0 heterocycles. The van der Waals surface area contributed by atoms with Gasteiger partial charge in [0.25, 0.3) is 0 Å². The third kappa shape index (κ3) is 251. The molecule has 0 fully saturated rings. The van der Waals surface area contributed by atoms with Gasteiger partial charge in [0.1, 0.15) is 6.79 Å². The number of rotatable bonds is 10. The van der Waals surface area contributed by atoms with Gasteiger partial charge in [0.15, 0.2) is 0 Å². The Hall–Kier alpha value is 1.52. The molecule has 0 aromatic carbocycles. The Balaban J connectivity index is -0.0000000292. The van der Waals surface area contributed by atoms with Crippen LogP contribution in [0, 0.1) is 0 Å². The summed E-state index contributed by atoms with van der Waals surface area (Å²) in [6.45, 7) is 29.5. The molecule has 0 saturated carbocycles. The molecule has 0 aromatic rings. The van der Waals surface area contributed by atoms with Crippen LogP contribution in [-0.4, -0.2) is 68.3 Å². The Morgan fingerprint density at radius 1 is 0.333 bits per heavy atom. The van der Waals surface area contributed by atoms with Crippen LogP contribution in [0.15, 0.2) is 0 Å². The minimum atomic E-state index is 0. The van der Waals surface area contributed by atoms with E-state index >= 15 is 0 Å². The van der Waals surface area contributed by atoms with Crippen molar-refractivity contribution in [2.24, 2.45) is 0 Å². The normalized spacial score (nSPS) is 7.45. The SMILES string of the molecule is CCCC.CCCC.CCCC.CCCC.CCCC.CCCC.CCCOCOC.[Sn].[Sn].